The summed E-state index contributed by atoms with van der Waals surface area (Å²) in [5.41, 5.74) is 6.63. The SMILES string of the molecule is COc1ccc2c(NC(=O)N3[C@@H]4C[C@@H]4C[C@H]3C(=O)NCc3cccc(Cl)c3F)cn(C(N)=O)c2c1. The van der Waals surface area contributed by atoms with E-state index >= 15 is 0 Å². The van der Waals surface area contributed by atoms with Crippen molar-refractivity contribution in [1.82, 2.24) is 14.8 Å². The van der Waals surface area contributed by atoms with Gasteiger partial charge in [0.15, 0.2) is 0 Å². The number of nitrogens with two attached hydrogens (primary N) is 1. The molecule has 0 unspecified atom stereocenters. The van der Waals surface area contributed by atoms with Crippen LogP contribution in [0.15, 0.2) is 42.6 Å². The molecular weight excluding hydrogens is 477 g/mol. The fraction of sp³-hybridized carbons (Fsp3) is 0.292. The Balaban J connectivity index is 1.34. The predicted octanol–water partition coefficient (Wildman–Crippen LogP) is 3.68. The number of methoxy groups -OCH3 is 1. The normalized spacial score (nSPS) is 20.4. The molecule has 2 aliphatic rings. The van der Waals surface area contributed by atoms with E-state index in [-0.39, 0.29) is 35.0 Å². The number of nitrogens with one attached hydrogen (secondary N) is 2. The number of ether oxygens (including phenoxy) is 1. The number of nitrogens with zero attached hydrogens (tertiary/aromatic N) is 2. The van der Waals surface area contributed by atoms with Crippen LogP contribution in [0.3, 0.4) is 0 Å². The van der Waals surface area contributed by atoms with Crippen LogP contribution >= 0.6 is 11.6 Å². The van der Waals surface area contributed by atoms with Crippen molar-refractivity contribution in [3.63, 3.8) is 0 Å². The second kappa shape index (κ2) is 8.77. The molecule has 1 saturated carbocycles. The highest BCUT2D eigenvalue weighted by Gasteiger charge is 2.56. The van der Waals surface area contributed by atoms with Gasteiger partial charge in [0.25, 0.3) is 0 Å². The number of rotatable bonds is 5. The number of urea groups is 1. The van der Waals surface area contributed by atoms with Gasteiger partial charge in [-0.15, -0.1) is 0 Å². The zero-order chi connectivity index (χ0) is 24.9. The van der Waals surface area contributed by atoms with Crippen molar-refractivity contribution in [1.29, 1.82) is 0 Å². The van der Waals surface area contributed by atoms with Crippen LogP contribution in [0, 0.1) is 11.7 Å². The lowest BCUT2D eigenvalue weighted by Crippen LogP contribution is -2.49. The molecule has 1 aliphatic heterocycles. The Kier molecular flexibility index (Phi) is 5.76. The Morgan fingerprint density at radius 3 is 2.77 bits per heavy atom. The first-order valence-electron chi connectivity index (χ1n) is 11.1. The number of carbonyl (C=O) groups is 3. The lowest BCUT2D eigenvalue weighted by molar-refractivity contribution is -0.125. The third kappa shape index (κ3) is 4.14. The first-order valence-corrected chi connectivity index (χ1v) is 11.4. The Bertz CT molecular complexity index is 1360. The summed E-state index contributed by atoms with van der Waals surface area (Å²) in [5.74, 6) is -0.170. The summed E-state index contributed by atoms with van der Waals surface area (Å²) < 4.78 is 20.6. The van der Waals surface area contributed by atoms with Gasteiger partial charge in [-0.1, -0.05) is 23.7 Å². The van der Waals surface area contributed by atoms with Crippen LogP contribution < -0.4 is 21.1 Å². The molecule has 2 fully saturated rings. The number of halogens is 2. The summed E-state index contributed by atoms with van der Waals surface area (Å²) in [5, 5.41) is 6.13. The Morgan fingerprint density at radius 1 is 1.23 bits per heavy atom. The fourth-order valence-electron chi connectivity index (χ4n) is 4.76. The smallest absolute Gasteiger partial charge is 0.323 e. The quantitative estimate of drug-likeness (QED) is 0.496. The maximum absolute atomic E-state index is 14.2. The van der Waals surface area contributed by atoms with Crippen LogP contribution in [-0.2, 0) is 11.3 Å². The second-order valence-electron chi connectivity index (χ2n) is 8.72. The minimum Gasteiger partial charge on any atom is -0.497 e. The highest BCUT2D eigenvalue weighted by Crippen LogP contribution is 2.48. The van der Waals surface area contributed by atoms with E-state index in [1.165, 1.54) is 28.8 Å². The fourth-order valence-corrected chi connectivity index (χ4v) is 4.96. The van der Waals surface area contributed by atoms with Crippen molar-refractivity contribution in [2.24, 2.45) is 11.7 Å². The first-order chi connectivity index (χ1) is 16.8. The van der Waals surface area contributed by atoms with Gasteiger partial charge in [-0.2, -0.15) is 0 Å². The number of hydrogen-bond donors (Lipinski definition) is 3. The minimum atomic E-state index is -0.710. The van der Waals surface area contributed by atoms with Crippen molar-refractivity contribution in [3.8, 4) is 5.75 Å². The number of benzene rings is 2. The molecule has 2 aromatic carbocycles. The van der Waals surface area contributed by atoms with Crippen LogP contribution in [0.4, 0.5) is 19.7 Å². The predicted molar refractivity (Wildman–Crippen MR) is 128 cm³/mol. The molecule has 0 spiro atoms. The van der Waals surface area contributed by atoms with Gasteiger partial charge in [-0.25, -0.2) is 14.0 Å². The maximum atomic E-state index is 14.2. The number of aromatic nitrogens is 1. The monoisotopic (exact) mass is 499 g/mol. The molecule has 35 heavy (non-hydrogen) atoms. The number of likely N-dealkylation sites (tertiary alicyclic amines) is 1. The van der Waals surface area contributed by atoms with Gasteiger partial charge in [-0.05, 0) is 37.0 Å². The van der Waals surface area contributed by atoms with E-state index in [1.54, 1.807) is 30.3 Å². The molecule has 5 rings (SSSR count). The molecule has 1 saturated heterocycles. The molecular formula is C24H23ClFN5O4. The molecule has 182 valence electrons. The van der Waals surface area contributed by atoms with Crippen molar-refractivity contribution in [3.05, 3.63) is 59.0 Å². The van der Waals surface area contributed by atoms with E-state index in [1.807, 2.05) is 0 Å². The second-order valence-corrected chi connectivity index (χ2v) is 9.12. The third-order valence-corrected chi connectivity index (χ3v) is 6.91. The number of primary amides is 1. The zero-order valence-electron chi connectivity index (χ0n) is 18.8. The van der Waals surface area contributed by atoms with E-state index in [9.17, 15) is 18.8 Å². The number of carbonyl (C=O) groups excluding carboxylic acids is 3. The Hall–Kier alpha value is -3.79. The van der Waals surface area contributed by atoms with E-state index < -0.39 is 23.9 Å². The van der Waals surface area contributed by atoms with Crippen LogP contribution in [0.2, 0.25) is 5.02 Å². The minimum absolute atomic E-state index is 0.0207. The number of anilines is 1. The standard InChI is InChI=1S/C24H23ClFN5O4/c1-35-14-5-6-15-17(11-30(23(27)33)19(15)9-14)29-24(34)31-18-7-13(18)8-20(31)22(32)28-10-12-3-2-4-16(25)21(12)26/h2-6,9,11,13,18,20H,7-8,10H2,1H3,(H2,27,33)(H,28,32)(H,29,34)/t13-,18-,20+/m1/s1. The van der Waals surface area contributed by atoms with E-state index in [0.717, 1.165) is 6.42 Å². The number of hydrogen-bond acceptors (Lipinski definition) is 4. The van der Waals surface area contributed by atoms with Gasteiger partial charge in [0.1, 0.15) is 17.6 Å². The summed E-state index contributed by atoms with van der Waals surface area (Å²) in [6.07, 6.45) is 2.80. The summed E-state index contributed by atoms with van der Waals surface area (Å²) in [6, 6.07) is 7.76. The highest BCUT2D eigenvalue weighted by molar-refractivity contribution is 6.30. The lowest BCUT2D eigenvalue weighted by atomic mass is 10.1. The maximum Gasteiger partial charge on any atom is 0.323 e. The number of fused-ring (bicyclic) bond motifs is 2. The van der Waals surface area contributed by atoms with Crippen molar-refractivity contribution >= 4 is 46.2 Å². The van der Waals surface area contributed by atoms with Gasteiger partial charge in [-0.3, -0.25) is 9.36 Å². The average Bonchev–Trinajstić information content (AvgIpc) is 3.35. The molecule has 3 aromatic rings. The average molecular weight is 500 g/mol. The molecule has 0 bridgehead atoms. The van der Waals surface area contributed by atoms with Crippen molar-refractivity contribution < 1.29 is 23.5 Å². The Morgan fingerprint density at radius 2 is 2.03 bits per heavy atom. The van der Waals surface area contributed by atoms with Crippen LogP contribution in [-0.4, -0.2) is 46.6 Å². The molecule has 2 heterocycles. The van der Waals surface area contributed by atoms with Crippen LogP contribution in [0.25, 0.3) is 10.9 Å². The molecule has 9 nitrogen and oxygen atoms in total. The molecule has 11 heteroatoms. The van der Waals surface area contributed by atoms with Gasteiger partial charge in [0.2, 0.25) is 5.91 Å². The van der Waals surface area contributed by atoms with Crippen molar-refractivity contribution in [2.75, 3.05) is 12.4 Å². The summed E-state index contributed by atoms with van der Waals surface area (Å²) in [4.78, 5) is 39.7. The zero-order valence-corrected chi connectivity index (χ0v) is 19.5. The summed E-state index contributed by atoms with van der Waals surface area (Å²) in [7, 11) is 1.51. The largest absolute Gasteiger partial charge is 0.497 e. The third-order valence-electron chi connectivity index (χ3n) is 6.62. The van der Waals surface area contributed by atoms with Crippen LogP contribution in [0.5, 0.6) is 5.75 Å². The van der Waals surface area contributed by atoms with E-state index in [0.29, 0.717) is 28.8 Å². The van der Waals surface area contributed by atoms with Crippen molar-refractivity contribution in [2.45, 2.75) is 31.5 Å². The van der Waals surface area contributed by atoms with E-state index in [2.05, 4.69) is 10.6 Å². The van der Waals surface area contributed by atoms with Gasteiger partial charge >= 0.3 is 12.1 Å². The summed E-state index contributed by atoms with van der Waals surface area (Å²) >= 11 is 5.82. The van der Waals surface area contributed by atoms with Gasteiger partial charge in [0, 0.05) is 35.8 Å². The number of piperidine rings is 1. The van der Waals surface area contributed by atoms with Gasteiger partial charge in [0.05, 0.1) is 23.3 Å². The van der Waals surface area contributed by atoms with Crippen LogP contribution in [0.1, 0.15) is 18.4 Å². The highest BCUT2D eigenvalue weighted by atomic mass is 35.5. The molecule has 4 N–H and O–H groups in total. The Labute approximate surface area is 204 Å². The van der Waals surface area contributed by atoms with Gasteiger partial charge < -0.3 is 26.0 Å². The summed E-state index contributed by atoms with van der Waals surface area (Å²) in [6.45, 7) is -0.0412. The molecule has 1 aromatic heterocycles. The first kappa shape index (κ1) is 23.0. The molecule has 3 atom stereocenters. The molecule has 0 radical (unpaired) electrons. The molecule has 4 amide bonds. The molecule has 1 aliphatic carbocycles. The topological polar surface area (TPSA) is 119 Å². The lowest BCUT2D eigenvalue weighted by Gasteiger charge is -2.27. The van der Waals surface area contributed by atoms with E-state index in [4.69, 9.17) is 22.1 Å². The number of amides is 4.